The lowest BCUT2D eigenvalue weighted by Gasteiger charge is -2.22. The van der Waals surface area contributed by atoms with Gasteiger partial charge in [0, 0.05) is 17.8 Å². The zero-order chi connectivity index (χ0) is 15.8. The monoisotopic (exact) mass is 340 g/mol. The van der Waals surface area contributed by atoms with Crippen LogP contribution in [0, 0.1) is 0 Å². The third-order valence-electron chi connectivity index (χ3n) is 2.96. The van der Waals surface area contributed by atoms with Gasteiger partial charge in [0.2, 0.25) is 10.0 Å². The Morgan fingerprint density at radius 2 is 1.80 bits per heavy atom. The van der Waals surface area contributed by atoms with Crippen LogP contribution in [0.3, 0.4) is 0 Å². The van der Waals surface area contributed by atoms with Gasteiger partial charge in [-0.05, 0) is 32.0 Å². The molecule has 1 aromatic rings. The smallest absolute Gasteiger partial charge is 0.242 e. The molecular weight excluding hydrogens is 324 g/mol. The molecule has 0 atom stereocenters. The van der Waals surface area contributed by atoms with Crippen LogP contribution in [0.5, 0.6) is 0 Å². The van der Waals surface area contributed by atoms with E-state index in [1.165, 1.54) is 32.0 Å². The molecule has 0 amide bonds. The lowest BCUT2D eigenvalue weighted by molar-refractivity contribution is 0.537. The molecule has 6 nitrogen and oxygen atoms in total. The van der Waals surface area contributed by atoms with Crippen LogP contribution in [0.2, 0.25) is 5.02 Å². The Balaban J connectivity index is 3.06. The Morgan fingerprint density at radius 1 is 1.25 bits per heavy atom. The van der Waals surface area contributed by atoms with Crippen molar-refractivity contribution < 1.29 is 16.8 Å². The summed E-state index contributed by atoms with van der Waals surface area (Å²) in [6, 6.07) is 4.06. The molecule has 1 aromatic carbocycles. The molecule has 0 spiro atoms. The first-order chi connectivity index (χ1) is 8.87. The Hall–Kier alpha value is -0.830. The number of nitrogens with one attached hydrogen (secondary N) is 1. The number of hydrogen-bond acceptors (Lipinski definition) is 5. The normalized spacial score (nSPS) is 13.4. The topological polar surface area (TPSA) is 106 Å². The molecule has 0 unspecified atom stereocenters. The molecule has 0 saturated heterocycles. The minimum Gasteiger partial charge on any atom is -0.398 e. The van der Waals surface area contributed by atoms with Crippen molar-refractivity contribution in [2.75, 3.05) is 18.5 Å². The van der Waals surface area contributed by atoms with Crippen molar-refractivity contribution in [1.29, 1.82) is 0 Å². The van der Waals surface area contributed by atoms with E-state index in [9.17, 15) is 16.8 Å². The Morgan fingerprint density at radius 3 is 2.30 bits per heavy atom. The fourth-order valence-electron chi connectivity index (χ4n) is 1.22. The van der Waals surface area contributed by atoms with Gasteiger partial charge in [-0.1, -0.05) is 11.6 Å². The summed E-state index contributed by atoms with van der Waals surface area (Å²) in [6.45, 7) is 2.61. The molecule has 0 aliphatic heterocycles. The molecule has 0 aliphatic carbocycles. The van der Waals surface area contributed by atoms with E-state index in [-0.39, 0.29) is 22.2 Å². The summed E-state index contributed by atoms with van der Waals surface area (Å²) in [4.78, 5) is -0.172. The molecule has 1 rings (SSSR count). The average Bonchev–Trinajstić information content (AvgIpc) is 2.28. The molecule has 3 N–H and O–H groups in total. The van der Waals surface area contributed by atoms with E-state index in [4.69, 9.17) is 17.3 Å². The molecule has 0 saturated carbocycles. The maximum atomic E-state index is 12.1. The third-order valence-corrected chi connectivity index (χ3v) is 6.80. The molecule has 9 heteroatoms. The summed E-state index contributed by atoms with van der Waals surface area (Å²) in [5.74, 6) is 0. The predicted molar refractivity (Wildman–Crippen MR) is 80.0 cm³/mol. The molecule has 0 radical (unpaired) electrons. The van der Waals surface area contributed by atoms with E-state index < -0.39 is 24.6 Å². The Kier molecular flexibility index (Phi) is 4.75. The first-order valence-corrected chi connectivity index (χ1v) is 9.36. The van der Waals surface area contributed by atoms with Crippen LogP contribution in [-0.4, -0.2) is 34.4 Å². The van der Waals surface area contributed by atoms with E-state index in [0.717, 1.165) is 6.26 Å². The van der Waals surface area contributed by atoms with Gasteiger partial charge in [0.15, 0.2) is 9.84 Å². The standard InChI is InChI=1S/C11H17ClN2O4S2/c1-11(2,19(3,15)16)7-14-20(17,18)10-6-8(12)4-5-9(10)13/h4-6,14H,7,13H2,1-3H3. The van der Waals surface area contributed by atoms with E-state index >= 15 is 0 Å². The number of hydrogen-bond donors (Lipinski definition) is 2. The van der Waals surface area contributed by atoms with Gasteiger partial charge in [0.25, 0.3) is 0 Å². The highest BCUT2D eigenvalue weighted by molar-refractivity contribution is 7.92. The first-order valence-electron chi connectivity index (χ1n) is 5.61. The lowest BCUT2D eigenvalue weighted by Crippen LogP contribution is -2.43. The van der Waals surface area contributed by atoms with E-state index in [2.05, 4.69) is 4.72 Å². The number of nitrogen functional groups attached to an aromatic ring is 1. The summed E-state index contributed by atoms with van der Waals surface area (Å²) in [7, 11) is -7.34. The number of nitrogens with two attached hydrogens (primary N) is 1. The highest BCUT2D eigenvalue weighted by Crippen LogP contribution is 2.23. The van der Waals surface area contributed by atoms with Crippen LogP contribution in [0.4, 0.5) is 5.69 Å². The quantitative estimate of drug-likeness (QED) is 0.778. The summed E-state index contributed by atoms with van der Waals surface area (Å²) in [5, 5.41) is 0.224. The van der Waals surface area contributed by atoms with Crippen LogP contribution in [-0.2, 0) is 19.9 Å². The number of rotatable bonds is 5. The minimum absolute atomic E-state index is 0.0408. The van der Waals surface area contributed by atoms with Crippen molar-refractivity contribution in [2.45, 2.75) is 23.5 Å². The summed E-state index contributed by atoms with van der Waals surface area (Å²) >= 11 is 5.74. The second-order valence-electron chi connectivity index (χ2n) is 5.04. The molecule has 0 aromatic heterocycles. The molecule has 0 aliphatic rings. The van der Waals surface area contributed by atoms with Crippen LogP contribution in [0.1, 0.15) is 13.8 Å². The zero-order valence-electron chi connectivity index (χ0n) is 11.3. The van der Waals surface area contributed by atoms with Gasteiger partial charge in [-0.25, -0.2) is 21.6 Å². The highest BCUT2D eigenvalue weighted by Gasteiger charge is 2.32. The number of benzene rings is 1. The Bertz CT molecular complexity index is 712. The summed E-state index contributed by atoms with van der Waals surface area (Å²) < 4.78 is 48.4. The Labute approximate surface area is 124 Å². The fourth-order valence-corrected chi connectivity index (χ4v) is 3.25. The number of sulfonamides is 1. The second kappa shape index (κ2) is 5.51. The number of anilines is 1. The lowest BCUT2D eigenvalue weighted by atomic mass is 10.2. The maximum absolute atomic E-state index is 12.1. The van der Waals surface area contributed by atoms with Gasteiger partial charge in [0.05, 0.1) is 10.4 Å². The summed E-state index contributed by atoms with van der Waals surface area (Å²) in [5.41, 5.74) is 5.65. The first kappa shape index (κ1) is 17.2. The van der Waals surface area contributed by atoms with Crippen LogP contribution >= 0.6 is 11.6 Å². The fraction of sp³-hybridized carbons (Fsp3) is 0.455. The van der Waals surface area contributed by atoms with Crippen molar-refractivity contribution in [2.24, 2.45) is 0 Å². The van der Waals surface area contributed by atoms with Gasteiger partial charge < -0.3 is 5.73 Å². The second-order valence-corrected chi connectivity index (χ2v) is 9.86. The summed E-state index contributed by atoms with van der Waals surface area (Å²) in [6.07, 6.45) is 1.05. The zero-order valence-corrected chi connectivity index (χ0v) is 13.7. The highest BCUT2D eigenvalue weighted by atomic mass is 35.5. The van der Waals surface area contributed by atoms with Crippen molar-refractivity contribution in [3.8, 4) is 0 Å². The third kappa shape index (κ3) is 3.85. The van der Waals surface area contributed by atoms with Gasteiger partial charge in [-0.3, -0.25) is 0 Å². The van der Waals surface area contributed by atoms with Crippen LogP contribution in [0.25, 0.3) is 0 Å². The molecule has 0 fully saturated rings. The van der Waals surface area contributed by atoms with E-state index in [0.29, 0.717) is 0 Å². The van der Waals surface area contributed by atoms with E-state index in [1.807, 2.05) is 0 Å². The van der Waals surface area contributed by atoms with Gasteiger partial charge >= 0.3 is 0 Å². The number of halogens is 1. The van der Waals surface area contributed by atoms with Gasteiger partial charge in [-0.15, -0.1) is 0 Å². The molecular formula is C11H17ClN2O4S2. The van der Waals surface area contributed by atoms with Crippen molar-refractivity contribution in [1.82, 2.24) is 4.72 Å². The predicted octanol–water partition coefficient (Wildman–Crippen LogP) is 1.02. The maximum Gasteiger partial charge on any atom is 0.242 e. The van der Waals surface area contributed by atoms with Crippen molar-refractivity contribution in [3.63, 3.8) is 0 Å². The van der Waals surface area contributed by atoms with Gasteiger partial charge in [0.1, 0.15) is 4.90 Å². The van der Waals surface area contributed by atoms with Crippen LogP contribution in [0.15, 0.2) is 23.1 Å². The average molecular weight is 341 g/mol. The van der Waals surface area contributed by atoms with Crippen LogP contribution < -0.4 is 10.5 Å². The molecule has 0 heterocycles. The minimum atomic E-state index is -3.93. The van der Waals surface area contributed by atoms with Crippen molar-refractivity contribution >= 4 is 37.1 Å². The molecule has 114 valence electrons. The molecule has 0 bridgehead atoms. The van der Waals surface area contributed by atoms with E-state index in [1.54, 1.807) is 0 Å². The van der Waals surface area contributed by atoms with Crippen molar-refractivity contribution in [3.05, 3.63) is 23.2 Å². The van der Waals surface area contributed by atoms with Gasteiger partial charge in [-0.2, -0.15) is 0 Å². The largest absolute Gasteiger partial charge is 0.398 e. The molecule has 20 heavy (non-hydrogen) atoms. The SMILES string of the molecule is CC(C)(CNS(=O)(=O)c1cc(Cl)ccc1N)S(C)(=O)=O. The number of sulfone groups is 1.